The summed E-state index contributed by atoms with van der Waals surface area (Å²) >= 11 is 0. The Morgan fingerprint density at radius 2 is 1.84 bits per heavy atom. The second kappa shape index (κ2) is 8.69. The van der Waals surface area contributed by atoms with Gasteiger partial charge in [0.15, 0.2) is 0 Å². The molecule has 1 aromatic heterocycles. The average Bonchev–Trinajstić information content (AvgIpc) is 3.45. The third-order valence-electron chi connectivity index (χ3n) is 4.54. The molecule has 3 amide bonds. The number of aromatic nitrogens is 1. The van der Waals surface area contributed by atoms with E-state index in [-0.39, 0.29) is 18.5 Å². The van der Waals surface area contributed by atoms with E-state index in [0.29, 0.717) is 12.6 Å². The number of nitrogens with zero attached hydrogens (tertiary/aromatic N) is 2. The first-order valence-electron chi connectivity index (χ1n) is 9.21. The highest BCUT2D eigenvalue weighted by Gasteiger charge is 2.23. The summed E-state index contributed by atoms with van der Waals surface area (Å²) in [7, 11) is 0. The van der Waals surface area contributed by atoms with Crippen LogP contribution < -0.4 is 20.9 Å². The van der Waals surface area contributed by atoms with Crippen molar-refractivity contribution in [2.75, 3.05) is 24.5 Å². The van der Waals surface area contributed by atoms with Crippen LogP contribution in [0.3, 0.4) is 0 Å². The molecule has 2 aliphatic rings. The highest BCUT2D eigenvalue weighted by molar-refractivity contribution is 5.84. The molecule has 1 saturated heterocycles. The maximum atomic E-state index is 11.7. The summed E-state index contributed by atoms with van der Waals surface area (Å²) in [5, 5.41) is 8.14. The third-order valence-corrected chi connectivity index (χ3v) is 4.54. The van der Waals surface area contributed by atoms with Crippen molar-refractivity contribution in [3.63, 3.8) is 0 Å². The maximum absolute atomic E-state index is 11.7. The molecular formula is C18H27N5O2. The lowest BCUT2D eigenvalue weighted by atomic mass is 10.2. The molecule has 1 aliphatic carbocycles. The number of nitrogens with one attached hydrogen (secondary N) is 3. The Labute approximate surface area is 148 Å². The van der Waals surface area contributed by atoms with Crippen molar-refractivity contribution in [1.82, 2.24) is 20.9 Å². The number of rotatable bonds is 6. The van der Waals surface area contributed by atoms with E-state index in [0.717, 1.165) is 37.3 Å². The van der Waals surface area contributed by atoms with Gasteiger partial charge in [0.05, 0.1) is 6.54 Å². The molecule has 1 aliphatic heterocycles. The van der Waals surface area contributed by atoms with Crippen molar-refractivity contribution in [3.05, 3.63) is 23.9 Å². The first kappa shape index (κ1) is 17.5. The summed E-state index contributed by atoms with van der Waals surface area (Å²) in [5.74, 6) is 0.868. The van der Waals surface area contributed by atoms with Crippen LogP contribution in [0.4, 0.5) is 10.6 Å². The van der Waals surface area contributed by atoms with Gasteiger partial charge in [-0.3, -0.25) is 4.79 Å². The Kier molecular flexibility index (Phi) is 6.09. The molecule has 3 N–H and O–H groups in total. The lowest BCUT2D eigenvalue weighted by molar-refractivity contribution is -0.120. The summed E-state index contributed by atoms with van der Waals surface area (Å²) < 4.78 is 0. The highest BCUT2D eigenvalue weighted by Crippen LogP contribution is 2.18. The first-order valence-corrected chi connectivity index (χ1v) is 9.21. The second-order valence-electron chi connectivity index (χ2n) is 6.80. The van der Waals surface area contributed by atoms with Gasteiger partial charge in [-0.15, -0.1) is 0 Å². The van der Waals surface area contributed by atoms with E-state index in [1.165, 1.54) is 25.7 Å². The number of urea groups is 1. The summed E-state index contributed by atoms with van der Waals surface area (Å²) in [6, 6.07) is 3.98. The van der Waals surface area contributed by atoms with E-state index in [9.17, 15) is 9.59 Å². The van der Waals surface area contributed by atoms with Gasteiger partial charge in [0.25, 0.3) is 0 Å². The Bertz CT molecular complexity index is 578. The summed E-state index contributed by atoms with van der Waals surface area (Å²) in [4.78, 5) is 30.1. The van der Waals surface area contributed by atoms with E-state index < -0.39 is 0 Å². The molecule has 0 atom stereocenters. The molecule has 0 unspecified atom stereocenters. The molecule has 0 aromatic carbocycles. The van der Waals surface area contributed by atoms with E-state index in [4.69, 9.17) is 0 Å². The molecule has 7 heteroatoms. The van der Waals surface area contributed by atoms with Gasteiger partial charge in [-0.1, -0.05) is 18.9 Å². The zero-order valence-corrected chi connectivity index (χ0v) is 14.6. The van der Waals surface area contributed by atoms with Crippen LogP contribution in [0.15, 0.2) is 18.3 Å². The largest absolute Gasteiger partial charge is 0.357 e. The molecule has 1 saturated carbocycles. The van der Waals surface area contributed by atoms with Crippen molar-refractivity contribution in [1.29, 1.82) is 0 Å². The van der Waals surface area contributed by atoms with Crippen LogP contribution in [-0.2, 0) is 11.3 Å². The molecule has 7 nitrogen and oxygen atoms in total. The molecular weight excluding hydrogens is 318 g/mol. The number of carbonyl (C=O) groups is 2. The van der Waals surface area contributed by atoms with Crippen LogP contribution in [0, 0.1) is 0 Å². The Morgan fingerprint density at radius 1 is 1.08 bits per heavy atom. The molecule has 0 radical (unpaired) electrons. The van der Waals surface area contributed by atoms with E-state index in [1.54, 1.807) is 6.20 Å². The summed E-state index contributed by atoms with van der Waals surface area (Å²) in [6.07, 6.45) is 8.93. The van der Waals surface area contributed by atoms with Crippen LogP contribution >= 0.6 is 0 Å². The van der Waals surface area contributed by atoms with Gasteiger partial charge >= 0.3 is 6.03 Å². The molecule has 25 heavy (non-hydrogen) atoms. The zero-order chi connectivity index (χ0) is 17.5. The second-order valence-corrected chi connectivity index (χ2v) is 6.80. The number of hydrogen-bond donors (Lipinski definition) is 3. The van der Waals surface area contributed by atoms with Gasteiger partial charge in [-0.25, -0.2) is 9.78 Å². The summed E-state index contributed by atoms with van der Waals surface area (Å²) in [6.45, 7) is 2.53. The average molecular weight is 345 g/mol. The maximum Gasteiger partial charge on any atom is 0.315 e. The minimum Gasteiger partial charge on any atom is -0.357 e. The predicted octanol–water partition coefficient (Wildman–Crippen LogP) is 1.54. The predicted molar refractivity (Wildman–Crippen MR) is 96.3 cm³/mol. The number of pyridine rings is 1. The van der Waals surface area contributed by atoms with Crippen molar-refractivity contribution >= 4 is 17.8 Å². The van der Waals surface area contributed by atoms with Crippen LogP contribution in [0.25, 0.3) is 0 Å². The fraction of sp³-hybridized carbons (Fsp3) is 0.611. The smallest absolute Gasteiger partial charge is 0.315 e. The number of amides is 3. The van der Waals surface area contributed by atoms with Gasteiger partial charge in [0.1, 0.15) is 5.82 Å². The van der Waals surface area contributed by atoms with Crippen molar-refractivity contribution in [3.8, 4) is 0 Å². The number of anilines is 1. The van der Waals surface area contributed by atoms with E-state index >= 15 is 0 Å². The minimum atomic E-state index is -0.345. The number of hydrogen-bond acceptors (Lipinski definition) is 4. The van der Waals surface area contributed by atoms with Crippen LogP contribution in [0.5, 0.6) is 0 Å². The number of carbonyl (C=O) groups excluding carboxylic acids is 2. The molecule has 1 aromatic rings. The summed E-state index contributed by atoms with van der Waals surface area (Å²) in [5.41, 5.74) is 0.941. The lowest BCUT2D eigenvalue weighted by Gasteiger charge is -2.21. The normalized spacial score (nSPS) is 17.5. The zero-order valence-electron chi connectivity index (χ0n) is 14.6. The lowest BCUT2D eigenvalue weighted by Crippen LogP contribution is -2.42. The van der Waals surface area contributed by atoms with E-state index in [2.05, 4.69) is 25.8 Å². The van der Waals surface area contributed by atoms with Gasteiger partial charge in [0, 0.05) is 31.9 Å². The van der Waals surface area contributed by atoms with Crippen LogP contribution in [0.1, 0.15) is 44.1 Å². The molecule has 0 spiro atoms. The topological polar surface area (TPSA) is 86.4 Å². The van der Waals surface area contributed by atoms with Crippen molar-refractivity contribution in [2.24, 2.45) is 0 Å². The Balaban J connectivity index is 1.38. The first-order chi connectivity index (χ1) is 12.2. The fourth-order valence-electron chi connectivity index (χ4n) is 2.92. The molecule has 136 valence electrons. The van der Waals surface area contributed by atoms with Crippen LogP contribution in [0.2, 0.25) is 0 Å². The fourth-order valence-corrected chi connectivity index (χ4v) is 2.92. The molecule has 3 rings (SSSR count). The molecule has 0 bridgehead atoms. The standard InChI is InChI=1S/C18H27N5O2/c24-17(22-15-6-7-15)13-21-18(25)20-12-14-5-8-16(19-11-14)23-9-3-1-2-4-10-23/h5,8,11,15H,1-4,6-7,9-10,12-13H2,(H,22,24)(H2,20,21,25). The highest BCUT2D eigenvalue weighted by atomic mass is 16.2. The van der Waals surface area contributed by atoms with Crippen LogP contribution in [-0.4, -0.2) is 42.6 Å². The van der Waals surface area contributed by atoms with Gasteiger partial charge < -0.3 is 20.9 Å². The van der Waals surface area contributed by atoms with Gasteiger partial charge in [-0.2, -0.15) is 0 Å². The third kappa shape index (κ3) is 5.92. The molecule has 2 fully saturated rings. The minimum absolute atomic E-state index is 0.00841. The van der Waals surface area contributed by atoms with E-state index in [1.807, 2.05) is 12.1 Å². The Morgan fingerprint density at radius 3 is 2.48 bits per heavy atom. The monoisotopic (exact) mass is 345 g/mol. The van der Waals surface area contributed by atoms with Crippen molar-refractivity contribution in [2.45, 2.75) is 51.1 Å². The molecule has 2 heterocycles. The quantitative estimate of drug-likeness (QED) is 0.730. The van der Waals surface area contributed by atoms with Gasteiger partial charge in [-0.05, 0) is 37.3 Å². The van der Waals surface area contributed by atoms with Gasteiger partial charge in [0.2, 0.25) is 5.91 Å². The van der Waals surface area contributed by atoms with Crippen molar-refractivity contribution < 1.29 is 9.59 Å². The Hall–Kier alpha value is -2.31. The SMILES string of the molecule is O=C(CNC(=O)NCc1ccc(N2CCCCCC2)nc1)NC1CC1.